The minimum Gasteiger partial charge on any atom is -0.462 e. The predicted molar refractivity (Wildman–Crippen MR) is 298 cm³/mol. The zero-order valence-electron chi connectivity index (χ0n) is 45.8. The Kier molecular flexibility index (Phi) is 55.3. The highest BCUT2D eigenvalue weighted by Crippen LogP contribution is 2.15. The summed E-state index contributed by atoms with van der Waals surface area (Å²) in [7, 11) is 0. The number of ether oxygens (including phenoxy) is 3. The molecule has 0 amide bonds. The van der Waals surface area contributed by atoms with Gasteiger partial charge in [0.1, 0.15) is 13.2 Å². The number of hydrogen-bond acceptors (Lipinski definition) is 6. The van der Waals surface area contributed by atoms with Gasteiger partial charge in [-0.25, -0.2) is 0 Å². The van der Waals surface area contributed by atoms with Crippen molar-refractivity contribution < 1.29 is 28.6 Å². The van der Waals surface area contributed by atoms with Crippen molar-refractivity contribution in [3.63, 3.8) is 0 Å². The lowest BCUT2D eigenvalue weighted by atomic mass is 10.1. The first-order valence-corrected chi connectivity index (χ1v) is 29.8. The molecular weight excluding hydrogens is 853 g/mol. The van der Waals surface area contributed by atoms with E-state index in [2.05, 4.69) is 81.5 Å². The minimum atomic E-state index is -0.798. The van der Waals surface area contributed by atoms with Crippen LogP contribution in [0.3, 0.4) is 0 Å². The van der Waals surface area contributed by atoms with E-state index in [1.165, 1.54) is 199 Å². The van der Waals surface area contributed by atoms with Crippen LogP contribution in [0.2, 0.25) is 0 Å². The van der Waals surface area contributed by atoms with E-state index in [9.17, 15) is 14.4 Å². The molecule has 6 nitrogen and oxygen atoms in total. The number of carbonyl (C=O) groups excluding carboxylic acids is 3. The van der Waals surface area contributed by atoms with E-state index < -0.39 is 6.10 Å². The number of allylic oxidation sites excluding steroid dienone is 10. The molecule has 0 unspecified atom stereocenters. The second kappa shape index (κ2) is 57.7. The Hall–Kier alpha value is -2.89. The first-order valence-electron chi connectivity index (χ1n) is 29.8. The second-order valence-electron chi connectivity index (χ2n) is 19.9. The summed E-state index contributed by atoms with van der Waals surface area (Å²) in [4.78, 5) is 38.2. The molecule has 0 radical (unpaired) electrons. The largest absolute Gasteiger partial charge is 0.462 e. The van der Waals surface area contributed by atoms with E-state index >= 15 is 0 Å². The van der Waals surface area contributed by atoms with Crippen LogP contribution < -0.4 is 0 Å². The van der Waals surface area contributed by atoms with Crippen LogP contribution in [0, 0.1) is 0 Å². The number of esters is 3. The molecule has 0 aromatic heterocycles. The molecule has 400 valence electrons. The van der Waals surface area contributed by atoms with E-state index in [-0.39, 0.29) is 37.5 Å². The number of hydrogen-bond donors (Lipinski definition) is 0. The maximum Gasteiger partial charge on any atom is 0.306 e. The molecular formula is C63H112O6. The summed E-state index contributed by atoms with van der Waals surface area (Å²) < 4.78 is 16.8. The predicted octanol–water partition coefficient (Wildman–Crippen LogP) is 20.0. The van der Waals surface area contributed by atoms with Crippen molar-refractivity contribution >= 4 is 17.9 Å². The molecule has 0 aromatic carbocycles. The molecule has 0 N–H and O–H groups in total. The van der Waals surface area contributed by atoms with Crippen LogP contribution in [0.5, 0.6) is 0 Å². The van der Waals surface area contributed by atoms with Gasteiger partial charge in [-0.05, 0) is 103 Å². The van der Waals surface area contributed by atoms with Crippen LogP contribution in [-0.2, 0) is 28.6 Å². The lowest BCUT2D eigenvalue weighted by Crippen LogP contribution is -2.30. The van der Waals surface area contributed by atoms with Gasteiger partial charge < -0.3 is 14.2 Å². The lowest BCUT2D eigenvalue weighted by Gasteiger charge is -2.18. The third-order valence-electron chi connectivity index (χ3n) is 13.0. The fourth-order valence-corrected chi connectivity index (χ4v) is 8.45. The molecule has 0 heterocycles. The van der Waals surface area contributed by atoms with Gasteiger partial charge in [-0.3, -0.25) is 14.4 Å². The molecule has 1 atom stereocenters. The summed E-state index contributed by atoms with van der Waals surface area (Å²) in [5.74, 6) is -0.944. The second-order valence-corrected chi connectivity index (χ2v) is 19.9. The van der Waals surface area contributed by atoms with Crippen molar-refractivity contribution in [3.05, 3.63) is 60.8 Å². The van der Waals surface area contributed by atoms with Gasteiger partial charge in [0.2, 0.25) is 0 Å². The molecule has 69 heavy (non-hydrogen) atoms. The van der Waals surface area contributed by atoms with Crippen molar-refractivity contribution in [2.75, 3.05) is 13.2 Å². The molecule has 0 saturated carbocycles. The van der Waals surface area contributed by atoms with Crippen LogP contribution in [0.4, 0.5) is 0 Å². The topological polar surface area (TPSA) is 78.9 Å². The average molecular weight is 966 g/mol. The summed E-state index contributed by atoms with van der Waals surface area (Å²) in [6.45, 7) is 6.60. The molecule has 0 fully saturated rings. The fraction of sp³-hybridized carbons (Fsp3) is 0.794. The van der Waals surface area contributed by atoms with Crippen LogP contribution in [0.15, 0.2) is 60.8 Å². The third-order valence-corrected chi connectivity index (χ3v) is 13.0. The Morgan fingerprint density at radius 3 is 0.884 bits per heavy atom. The molecule has 0 aromatic rings. The summed E-state index contributed by atoms with van der Waals surface area (Å²) in [5, 5.41) is 0. The van der Waals surface area contributed by atoms with Crippen LogP contribution in [0.1, 0.15) is 303 Å². The number of carbonyl (C=O) groups is 3. The zero-order chi connectivity index (χ0) is 50.0. The molecule has 0 aliphatic heterocycles. The lowest BCUT2D eigenvalue weighted by molar-refractivity contribution is -0.167. The Labute approximate surface area is 428 Å². The highest BCUT2D eigenvalue weighted by atomic mass is 16.6. The van der Waals surface area contributed by atoms with Gasteiger partial charge in [0, 0.05) is 19.3 Å². The first kappa shape index (κ1) is 66.1. The third kappa shape index (κ3) is 55.9. The molecule has 0 spiro atoms. The van der Waals surface area contributed by atoms with E-state index in [4.69, 9.17) is 14.2 Å². The van der Waals surface area contributed by atoms with Gasteiger partial charge in [-0.15, -0.1) is 0 Å². The van der Waals surface area contributed by atoms with Crippen molar-refractivity contribution in [2.24, 2.45) is 0 Å². The quantitative estimate of drug-likeness (QED) is 0.0262. The van der Waals surface area contributed by atoms with Gasteiger partial charge >= 0.3 is 17.9 Å². The van der Waals surface area contributed by atoms with Gasteiger partial charge in [-0.1, -0.05) is 242 Å². The van der Waals surface area contributed by atoms with Crippen LogP contribution in [-0.4, -0.2) is 37.2 Å². The van der Waals surface area contributed by atoms with Gasteiger partial charge in [0.05, 0.1) is 0 Å². The van der Waals surface area contributed by atoms with Crippen molar-refractivity contribution in [3.8, 4) is 0 Å². The molecule has 0 bridgehead atoms. The molecule has 0 aliphatic carbocycles. The number of unbranched alkanes of at least 4 members (excludes halogenated alkanes) is 33. The minimum absolute atomic E-state index is 0.0926. The maximum absolute atomic E-state index is 12.9. The molecule has 0 saturated heterocycles. The smallest absolute Gasteiger partial charge is 0.306 e. The SMILES string of the molecule is CCCCCCCC/C=C\C/C=C\C/C=C\CCCC(=O)OC[C@H](COC(=O)CCCCCCCCC/C=C\CCCCCCCC)OC(=O)CCCCCCCCC/C=C\CCCCCCCC. The summed E-state index contributed by atoms with van der Waals surface area (Å²) in [5.41, 5.74) is 0. The van der Waals surface area contributed by atoms with E-state index in [0.29, 0.717) is 19.3 Å². The van der Waals surface area contributed by atoms with Gasteiger partial charge in [0.25, 0.3) is 0 Å². The summed E-state index contributed by atoms with van der Waals surface area (Å²) in [6.07, 6.45) is 72.2. The Morgan fingerprint density at radius 1 is 0.290 bits per heavy atom. The van der Waals surface area contributed by atoms with Gasteiger partial charge in [-0.2, -0.15) is 0 Å². The monoisotopic (exact) mass is 965 g/mol. The standard InChI is InChI=1S/C63H112O6/c1-4-7-10-13-16-19-22-25-28-31-34-37-40-43-46-49-52-55-61(64)67-58-60(69-63(66)57-54-51-48-45-42-39-36-33-30-27-24-21-18-15-12-9-6-3)59-68-62(65)56-53-50-47-44-41-38-35-32-29-26-23-20-17-14-11-8-5-2/h25-30,34,37,43,46,60H,4-24,31-33,35-36,38-42,44-45,47-59H2,1-3H3/b28-25-,29-26-,30-27-,37-34-,46-43-/t60-/m1/s1. The highest BCUT2D eigenvalue weighted by Gasteiger charge is 2.19. The molecule has 6 heteroatoms. The number of rotatable bonds is 54. The summed E-state index contributed by atoms with van der Waals surface area (Å²) in [6, 6.07) is 0. The zero-order valence-corrected chi connectivity index (χ0v) is 45.8. The maximum atomic E-state index is 12.9. The Morgan fingerprint density at radius 2 is 0.536 bits per heavy atom. The normalized spacial score (nSPS) is 12.4. The average Bonchev–Trinajstić information content (AvgIpc) is 3.35. The van der Waals surface area contributed by atoms with Crippen LogP contribution >= 0.6 is 0 Å². The first-order chi connectivity index (χ1) is 34.0. The van der Waals surface area contributed by atoms with Crippen molar-refractivity contribution in [2.45, 2.75) is 309 Å². The molecule has 0 rings (SSSR count). The fourth-order valence-electron chi connectivity index (χ4n) is 8.45. The van der Waals surface area contributed by atoms with Gasteiger partial charge in [0.15, 0.2) is 6.10 Å². The van der Waals surface area contributed by atoms with E-state index in [1.54, 1.807) is 0 Å². The van der Waals surface area contributed by atoms with Crippen LogP contribution in [0.25, 0.3) is 0 Å². The molecule has 0 aliphatic rings. The van der Waals surface area contributed by atoms with Crippen molar-refractivity contribution in [1.82, 2.24) is 0 Å². The Balaban J connectivity index is 4.45. The Bertz CT molecular complexity index is 1250. The van der Waals surface area contributed by atoms with Crippen molar-refractivity contribution in [1.29, 1.82) is 0 Å². The van der Waals surface area contributed by atoms with E-state index in [1.807, 2.05) is 0 Å². The van der Waals surface area contributed by atoms with E-state index in [0.717, 1.165) is 57.8 Å². The summed E-state index contributed by atoms with van der Waals surface area (Å²) >= 11 is 0. The highest BCUT2D eigenvalue weighted by molar-refractivity contribution is 5.71.